The van der Waals surface area contributed by atoms with Crippen molar-refractivity contribution in [2.75, 3.05) is 12.0 Å². The lowest BCUT2D eigenvalue weighted by atomic mass is 10.0. The number of ether oxygens (including phenoxy) is 1. The van der Waals surface area contributed by atoms with E-state index < -0.39 is 17.6 Å². The SMILES string of the molecule is COc1ccc(C2=C(O)C(=O)N(c3cccc(C)c3C)C2=O)cc1. The topological polar surface area (TPSA) is 66.8 Å². The minimum Gasteiger partial charge on any atom is -0.502 e. The molecule has 122 valence electrons. The van der Waals surface area contributed by atoms with Gasteiger partial charge in [-0.15, -0.1) is 0 Å². The lowest BCUT2D eigenvalue weighted by molar-refractivity contribution is -0.121. The molecule has 0 saturated carbocycles. The molecule has 0 bridgehead atoms. The lowest BCUT2D eigenvalue weighted by Gasteiger charge is -2.18. The van der Waals surface area contributed by atoms with Gasteiger partial charge < -0.3 is 9.84 Å². The highest BCUT2D eigenvalue weighted by Gasteiger charge is 2.40. The van der Waals surface area contributed by atoms with Crippen molar-refractivity contribution in [1.82, 2.24) is 0 Å². The number of hydrogen-bond donors (Lipinski definition) is 1. The van der Waals surface area contributed by atoms with Crippen LogP contribution >= 0.6 is 0 Å². The van der Waals surface area contributed by atoms with Gasteiger partial charge in [0.05, 0.1) is 18.4 Å². The third-order valence-electron chi connectivity index (χ3n) is 4.26. The second-order valence-corrected chi connectivity index (χ2v) is 5.62. The Morgan fingerprint density at radius 3 is 2.25 bits per heavy atom. The summed E-state index contributed by atoms with van der Waals surface area (Å²) in [7, 11) is 1.54. The standard InChI is InChI=1S/C19H17NO4/c1-11-5-4-6-15(12(11)2)20-18(22)16(17(21)19(20)23)13-7-9-14(24-3)10-8-13/h4-10,21H,1-3H3. The number of anilines is 1. The van der Waals surface area contributed by atoms with Gasteiger partial charge in [0.1, 0.15) is 5.75 Å². The first-order valence-electron chi connectivity index (χ1n) is 7.48. The molecule has 1 N–H and O–H groups in total. The predicted octanol–water partition coefficient (Wildman–Crippen LogP) is 3.15. The van der Waals surface area contributed by atoms with E-state index in [1.54, 1.807) is 36.4 Å². The summed E-state index contributed by atoms with van der Waals surface area (Å²) in [6.07, 6.45) is 0. The van der Waals surface area contributed by atoms with E-state index in [2.05, 4.69) is 0 Å². The van der Waals surface area contributed by atoms with E-state index in [1.165, 1.54) is 7.11 Å². The van der Waals surface area contributed by atoms with Crippen LogP contribution < -0.4 is 9.64 Å². The highest BCUT2D eigenvalue weighted by atomic mass is 16.5. The number of imide groups is 1. The molecule has 0 radical (unpaired) electrons. The molecule has 0 unspecified atom stereocenters. The molecule has 0 spiro atoms. The van der Waals surface area contributed by atoms with Crippen molar-refractivity contribution in [3.8, 4) is 5.75 Å². The fourth-order valence-electron chi connectivity index (χ4n) is 2.73. The van der Waals surface area contributed by atoms with Crippen LogP contribution in [0.4, 0.5) is 5.69 Å². The molecular weight excluding hydrogens is 306 g/mol. The molecule has 3 rings (SSSR count). The summed E-state index contributed by atoms with van der Waals surface area (Å²) in [5.41, 5.74) is 2.75. The first-order valence-corrected chi connectivity index (χ1v) is 7.48. The minimum atomic E-state index is -0.709. The first kappa shape index (κ1) is 15.8. The Hall–Kier alpha value is -3.08. The fraction of sp³-hybridized carbons (Fsp3) is 0.158. The number of carbonyl (C=O) groups excluding carboxylic acids is 2. The van der Waals surface area contributed by atoms with Crippen LogP contribution in [0.25, 0.3) is 5.57 Å². The van der Waals surface area contributed by atoms with Crippen LogP contribution in [0.1, 0.15) is 16.7 Å². The van der Waals surface area contributed by atoms with Gasteiger partial charge in [-0.25, -0.2) is 4.90 Å². The summed E-state index contributed by atoms with van der Waals surface area (Å²) in [5.74, 6) is -1.15. The average Bonchev–Trinajstić information content (AvgIpc) is 2.80. The zero-order chi connectivity index (χ0) is 17.4. The molecule has 2 aromatic carbocycles. The van der Waals surface area contributed by atoms with Crippen molar-refractivity contribution in [2.45, 2.75) is 13.8 Å². The monoisotopic (exact) mass is 323 g/mol. The Morgan fingerprint density at radius 1 is 0.958 bits per heavy atom. The highest BCUT2D eigenvalue weighted by molar-refractivity contribution is 6.45. The molecule has 2 aromatic rings. The highest BCUT2D eigenvalue weighted by Crippen LogP contribution is 2.34. The molecule has 5 nitrogen and oxygen atoms in total. The van der Waals surface area contributed by atoms with Gasteiger partial charge in [-0.2, -0.15) is 0 Å². The average molecular weight is 323 g/mol. The maximum atomic E-state index is 12.8. The van der Waals surface area contributed by atoms with Crippen LogP contribution in [0, 0.1) is 13.8 Å². The van der Waals surface area contributed by atoms with Crippen LogP contribution in [0.15, 0.2) is 48.2 Å². The normalized spacial score (nSPS) is 14.5. The van der Waals surface area contributed by atoms with E-state index in [0.717, 1.165) is 16.0 Å². The molecule has 24 heavy (non-hydrogen) atoms. The number of carbonyl (C=O) groups is 2. The molecule has 1 aliphatic heterocycles. The zero-order valence-corrected chi connectivity index (χ0v) is 13.7. The third kappa shape index (κ3) is 2.34. The van der Waals surface area contributed by atoms with E-state index in [-0.39, 0.29) is 5.57 Å². The van der Waals surface area contributed by atoms with Gasteiger partial charge in [0.25, 0.3) is 5.91 Å². The van der Waals surface area contributed by atoms with E-state index >= 15 is 0 Å². The largest absolute Gasteiger partial charge is 0.502 e. The molecule has 5 heteroatoms. The summed E-state index contributed by atoms with van der Waals surface area (Å²) in [5, 5.41) is 10.2. The van der Waals surface area contributed by atoms with Crippen LogP contribution in [0.5, 0.6) is 5.75 Å². The van der Waals surface area contributed by atoms with Crippen molar-refractivity contribution in [3.63, 3.8) is 0 Å². The molecule has 0 saturated heterocycles. The number of nitrogens with zero attached hydrogens (tertiary/aromatic N) is 1. The first-order chi connectivity index (χ1) is 11.5. The summed E-state index contributed by atoms with van der Waals surface area (Å²) >= 11 is 0. The third-order valence-corrected chi connectivity index (χ3v) is 4.26. The quantitative estimate of drug-likeness (QED) is 0.881. The number of benzene rings is 2. The van der Waals surface area contributed by atoms with E-state index in [4.69, 9.17) is 4.74 Å². The predicted molar refractivity (Wildman–Crippen MR) is 91.0 cm³/mol. The van der Waals surface area contributed by atoms with Crippen molar-refractivity contribution >= 4 is 23.1 Å². The van der Waals surface area contributed by atoms with Crippen molar-refractivity contribution in [3.05, 3.63) is 64.9 Å². The lowest BCUT2D eigenvalue weighted by Crippen LogP contribution is -2.32. The molecule has 0 fully saturated rings. The van der Waals surface area contributed by atoms with Crippen LogP contribution in [0.2, 0.25) is 0 Å². The Labute approximate surface area is 139 Å². The number of aliphatic hydroxyl groups is 1. The number of rotatable bonds is 3. The van der Waals surface area contributed by atoms with Gasteiger partial charge in [-0.3, -0.25) is 9.59 Å². The summed E-state index contributed by atoms with van der Waals surface area (Å²) in [4.78, 5) is 26.3. The number of aliphatic hydroxyl groups excluding tert-OH is 1. The Balaban J connectivity index is 2.05. The summed E-state index contributed by atoms with van der Waals surface area (Å²) in [6, 6.07) is 12.0. The molecule has 0 aromatic heterocycles. The fourth-order valence-corrected chi connectivity index (χ4v) is 2.73. The van der Waals surface area contributed by atoms with Crippen LogP contribution in [0.3, 0.4) is 0 Å². The number of aryl methyl sites for hydroxylation is 1. The van der Waals surface area contributed by atoms with Gasteiger partial charge in [-0.1, -0.05) is 24.3 Å². The molecular formula is C19H17NO4. The van der Waals surface area contributed by atoms with Crippen molar-refractivity contribution in [1.29, 1.82) is 0 Å². The number of amides is 2. The maximum absolute atomic E-state index is 12.8. The molecule has 1 aliphatic rings. The van der Waals surface area contributed by atoms with E-state index in [1.807, 2.05) is 19.9 Å². The smallest absolute Gasteiger partial charge is 0.301 e. The van der Waals surface area contributed by atoms with Crippen LogP contribution in [-0.2, 0) is 9.59 Å². The second-order valence-electron chi connectivity index (χ2n) is 5.62. The van der Waals surface area contributed by atoms with Gasteiger partial charge >= 0.3 is 5.91 Å². The van der Waals surface area contributed by atoms with Gasteiger partial charge in [0.2, 0.25) is 0 Å². The Bertz CT molecular complexity index is 865. The summed E-state index contributed by atoms with van der Waals surface area (Å²) < 4.78 is 5.09. The van der Waals surface area contributed by atoms with Gasteiger partial charge in [0.15, 0.2) is 5.76 Å². The molecule has 1 heterocycles. The van der Waals surface area contributed by atoms with Crippen molar-refractivity contribution in [2.24, 2.45) is 0 Å². The Morgan fingerprint density at radius 2 is 1.62 bits per heavy atom. The van der Waals surface area contributed by atoms with Gasteiger partial charge in [0, 0.05) is 0 Å². The maximum Gasteiger partial charge on any atom is 0.301 e. The molecule has 0 atom stereocenters. The zero-order valence-electron chi connectivity index (χ0n) is 13.7. The van der Waals surface area contributed by atoms with E-state index in [9.17, 15) is 14.7 Å². The second kappa shape index (κ2) is 5.85. The number of hydrogen-bond acceptors (Lipinski definition) is 4. The van der Waals surface area contributed by atoms with Crippen LogP contribution in [-0.4, -0.2) is 24.0 Å². The summed E-state index contributed by atoms with van der Waals surface area (Å²) in [6.45, 7) is 3.75. The Kier molecular flexibility index (Phi) is 3.85. The molecule has 0 aliphatic carbocycles. The van der Waals surface area contributed by atoms with E-state index in [0.29, 0.717) is 17.0 Å². The van der Waals surface area contributed by atoms with Crippen molar-refractivity contribution < 1.29 is 19.4 Å². The molecule has 2 amide bonds. The minimum absolute atomic E-state index is 0.00330. The number of methoxy groups -OCH3 is 1. The van der Waals surface area contributed by atoms with Gasteiger partial charge in [-0.05, 0) is 48.7 Å².